The first kappa shape index (κ1) is 16.4. The molecule has 1 amide bonds. The lowest BCUT2D eigenvalue weighted by atomic mass is 10.2. The average molecular weight is 341 g/mol. The highest BCUT2D eigenvalue weighted by atomic mass is 35.5. The minimum atomic E-state index is -1.30. The highest BCUT2D eigenvalue weighted by Gasteiger charge is 2.19. The largest absolute Gasteiger partial charge is 0.480 e. The Morgan fingerprint density at radius 1 is 1.32 bits per heavy atom. The third-order valence-electron chi connectivity index (χ3n) is 2.80. The van der Waals surface area contributed by atoms with Crippen molar-refractivity contribution in [1.82, 2.24) is 10.3 Å². The monoisotopic (exact) mass is 340 g/mol. The number of aromatic nitrogens is 1. The van der Waals surface area contributed by atoms with Gasteiger partial charge >= 0.3 is 5.97 Å². The van der Waals surface area contributed by atoms with Crippen LogP contribution >= 0.6 is 22.9 Å². The standard InChI is InChI=1S/C14H13ClN2O4S/c15-9-3-1-8(2-4-9)13-16-10(7-22-13)5-12(19)17-11(6-18)14(20)21/h1-4,7,11,18H,5-6H2,(H,17,19)(H,20,21). The van der Waals surface area contributed by atoms with Crippen LogP contribution in [0, 0.1) is 0 Å². The van der Waals surface area contributed by atoms with Crippen LogP contribution in [0.2, 0.25) is 5.02 Å². The predicted octanol–water partition coefficient (Wildman–Crippen LogP) is 1.57. The maximum absolute atomic E-state index is 11.7. The summed E-state index contributed by atoms with van der Waals surface area (Å²) >= 11 is 7.20. The van der Waals surface area contributed by atoms with Crippen LogP contribution in [0.5, 0.6) is 0 Å². The molecule has 0 radical (unpaired) electrons. The van der Waals surface area contributed by atoms with Gasteiger partial charge in [0.25, 0.3) is 0 Å². The number of aliphatic carboxylic acids is 1. The summed E-state index contributed by atoms with van der Waals surface area (Å²) in [6, 6.07) is 5.86. The van der Waals surface area contributed by atoms with Crippen LogP contribution in [0.3, 0.4) is 0 Å². The Balaban J connectivity index is 2.01. The van der Waals surface area contributed by atoms with E-state index in [9.17, 15) is 9.59 Å². The summed E-state index contributed by atoms with van der Waals surface area (Å²) < 4.78 is 0. The quantitative estimate of drug-likeness (QED) is 0.741. The Hall–Kier alpha value is -1.96. The summed E-state index contributed by atoms with van der Waals surface area (Å²) in [6.07, 6.45) is -0.0477. The Kier molecular flexibility index (Phi) is 5.48. The van der Waals surface area contributed by atoms with Gasteiger partial charge in [-0.05, 0) is 12.1 Å². The molecular formula is C14H13ClN2O4S. The molecule has 1 aromatic carbocycles. The van der Waals surface area contributed by atoms with E-state index in [4.69, 9.17) is 21.8 Å². The van der Waals surface area contributed by atoms with E-state index in [1.165, 1.54) is 11.3 Å². The number of carbonyl (C=O) groups excluding carboxylic acids is 1. The molecule has 0 spiro atoms. The van der Waals surface area contributed by atoms with Gasteiger partial charge in [0.05, 0.1) is 18.7 Å². The molecule has 1 unspecified atom stereocenters. The molecule has 1 heterocycles. The van der Waals surface area contributed by atoms with Crippen molar-refractivity contribution in [3.63, 3.8) is 0 Å². The highest BCUT2D eigenvalue weighted by molar-refractivity contribution is 7.13. The molecule has 116 valence electrons. The zero-order valence-corrected chi connectivity index (χ0v) is 12.9. The van der Waals surface area contributed by atoms with Crippen molar-refractivity contribution in [2.45, 2.75) is 12.5 Å². The number of carbonyl (C=O) groups is 2. The van der Waals surface area contributed by atoms with E-state index >= 15 is 0 Å². The molecule has 3 N–H and O–H groups in total. The van der Waals surface area contributed by atoms with Gasteiger partial charge in [0.1, 0.15) is 11.0 Å². The van der Waals surface area contributed by atoms with E-state index in [1.54, 1.807) is 17.5 Å². The summed E-state index contributed by atoms with van der Waals surface area (Å²) in [5, 5.41) is 23.0. The highest BCUT2D eigenvalue weighted by Crippen LogP contribution is 2.25. The lowest BCUT2D eigenvalue weighted by molar-refractivity contribution is -0.142. The lowest BCUT2D eigenvalue weighted by Crippen LogP contribution is -2.43. The molecule has 0 fully saturated rings. The second kappa shape index (κ2) is 7.35. The fourth-order valence-electron chi connectivity index (χ4n) is 1.71. The van der Waals surface area contributed by atoms with Crippen LogP contribution in [-0.4, -0.2) is 39.7 Å². The molecule has 8 heteroatoms. The van der Waals surface area contributed by atoms with Crippen LogP contribution in [0.25, 0.3) is 10.6 Å². The number of aliphatic hydroxyl groups excluding tert-OH is 1. The molecule has 1 aromatic heterocycles. The topological polar surface area (TPSA) is 99.5 Å². The van der Waals surface area contributed by atoms with Crippen LogP contribution in [0.4, 0.5) is 0 Å². The summed E-state index contributed by atoms with van der Waals surface area (Å²) in [5.41, 5.74) is 1.43. The smallest absolute Gasteiger partial charge is 0.328 e. The molecule has 1 atom stereocenters. The second-order valence-corrected chi connectivity index (χ2v) is 5.76. The van der Waals surface area contributed by atoms with Crippen molar-refractivity contribution in [3.05, 3.63) is 40.4 Å². The van der Waals surface area contributed by atoms with Crippen molar-refractivity contribution in [2.75, 3.05) is 6.61 Å². The number of nitrogens with zero attached hydrogens (tertiary/aromatic N) is 1. The number of aliphatic hydroxyl groups is 1. The maximum Gasteiger partial charge on any atom is 0.328 e. The number of hydrogen-bond donors (Lipinski definition) is 3. The zero-order chi connectivity index (χ0) is 16.1. The van der Waals surface area contributed by atoms with Crippen molar-refractivity contribution >= 4 is 34.8 Å². The Labute approximate surface area is 135 Å². The fourth-order valence-corrected chi connectivity index (χ4v) is 2.66. The van der Waals surface area contributed by atoms with Crippen LogP contribution < -0.4 is 5.32 Å². The van der Waals surface area contributed by atoms with Crippen LogP contribution in [-0.2, 0) is 16.0 Å². The molecular weight excluding hydrogens is 328 g/mol. The molecule has 0 bridgehead atoms. The van der Waals surface area contributed by atoms with E-state index in [-0.39, 0.29) is 6.42 Å². The minimum Gasteiger partial charge on any atom is -0.480 e. The van der Waals surface area contributed by atoms with Gasteiger partial charge in [-0.2, -0.15) is 0 Å². The van der Waals surface area contributed by atoms with Gasteiger partial charge in [0.15, 0.2) is 0 Å². The van der Waals surface area contributed by atoms with Gasteiger partial charge < -0.3 is 15.5 Å². The summed E-state index contributed by atoms with van der Waals surface area (Å²) in [7, 11) is 0. The van der Waals surface area contributed by atoms with E-state index in [0.717, 1.165) is 10.6 Å². The zero-order valence-electron chi connectivity index (χ0n) is 11.3. The van der Waals surface area contributed by atoms with E-state index in [1.807, 2.05) is 12.1 Å². The van der Waals surface area contributed by atoms with Crippen molar-refractivity contribution in [2.24, 2.45) is 0 Å². The van der Waals surface area contributed by atoms with E-state index in [0.29, 0.717) is 10.7 Å². The normalized spacial score (nSPS) is 11.9. The lowest BCUT2D eigenvalue weighted by Gasteiger charge is -2.10. The minimum absolute atomic E-state index is 0.0477. The Morgan fingerprint density at radius 2 is 2.00 bits per heavy atom. The molecule has 0 saturated heterocycles. The molecule has 0 saturated carbocycles. The van der Waals surface area contributed by atoms with Gasteiger partial charge in [-0.1, -0.05) is 23.7 Å². The van der Waals surface area contributed by atoms with Gasteiger partial charge in [-0.25, -0.2) is 9.78 Å². The number of carboxylic acid groups (broad SMARTS) is 1. The predicted molar refractivity (Wildman–Crippen MR) is 82.9 cm³/mol. The van der Waals surface area contributed by atoms with Crippen molar-refractivity contribution in [1.29, 1.82) is 0 Å². The Bertz CT molecular complexity index is 672. The number of amides is 1. The molecule has 2 rings (SSSR count). The van der Waals surface area contributed by atoms with E-state index in [2.05, 4.69) is 10.3 Å². The molecule has 0 aliphatic rings. The van der Waals surface area contributed by atoms with Gasteiger partial charge in [-0.15, -0.1) is 11.3 Å². The second-order valence-electron chi connectivity index (χ2n) is 4.47. The fraction of sp³-hybridized carbons (Fsp3) is 0.214. The maximum atomic E-state index is 11.7. The molecule has 2 aromatic rings. The van der Waals surface area contributed by atoms with E-state index < -0.39 is 24.5 Å². The van der Waals surface area contributed by atoms with Gasteiger partial charge in [-0.3, -0.25) is 4.79 Å². The SMILES string of the molecule is O=C(Cc1csc(-c2ccc(Cl)cc2)n1)NC(CO)C(=O)O. The first-order chi connectivity index (χ1) is 10.5. The third-order valence-corrected chi connectivity index (χ3v) is 3.99. The molecule has 6 nitrogen and oxygen atoms in total. The first-order valence-electron chi connectivity index (χ1n) is 6.33. The molecule has 0 aliphatic carbocycles. The number of hydrogen-bond acceptors (Lipinski definition) is 5. The number of carboxylic acids is 1. The third kappa shape index (κ3) is 4.27. The summed E-state index contributed by atoms with van der Waals surface area (Å²) in [6.45, 7) is -0.659. The summed E-state index contributed by atoms with van der Waals surface area (Å²) in [4.78, 5) is 26.8. The number of benzene rings is 1. The Morgan fingerprint density at radius 3 is 2.59 bits per heavy atom. The van der Waals surface area contributed by atoms with Crippen molar-refractivity contribution < 1.29 is 19.8 Å². The molecule has 0 aliphatic heterocycles. The number of rotatable bonds is 6. The van der Waals surface area contributed by atoms with Gasteiger partial charge in [0.2, 0.25) is 5.91 Å². The van der Waals surface area contributed by atoms with Crippen LogP contribution in [0.15, 0.2) is 29.6 Å². The van der Waals surface area contributed by atoms with Crippen molar-refractivity contribution in [3.8, 4) is 10.6 Å². The van der Waals surface area contributed by atoms with Crippen LogP contribution in [0.1, 0.15) is 5.69 Å². The van der Waals surface area contributed by atoms with Gasteiger partial charge in [0, 0.05) is 16.0 Å². The summed E-state index contributed by atoms with van der Waals surface area (Å²) in [5.74, 6) is -1.79. The average Bonchev–Trinajstić information content (AvgIpc) is 2.93. The number of nitrogens with one attached hydrogen (secondary N) is 1. The number of halogens is 1. The molecule has 22 heavy (non-hydrogen) atoms. The number of thiazole rings is 1. The first-order valence-corrected chi connectivity index (χ1v) is 7.58.